The molecule has 1 saturated heterocycles. The van der Waals surface area contributed by atoms with Crippen molar-refractivity contribution >= 4 is 17.3 Å². The van der Waals surface area contributed by atoms with Gasteiger partial charge >= 0.3 is 0 Å². The van der Waals surface area contributed by atoms with Crippen molar-refractivity contribution in [2.75, 3.05) is 38.3 Å². The van der Waals surface area contributed by atoms with Crippen LogP contribution in [0.25, 0.3) is 0 Å². The summed E-state index contributed by atoms with van der Waals surface area (Å²) in [6.07, 6.45) is -1.41. The fraction of sp³-hybridized carbons (Fsp3) is 0.571. The first-order valence-corrected chi connectivity index (χ1v) is 7.08. The number of nitrogens with one attached hydrogen (secondary N) is 1. The number of benzene rings is 1. The maximum atomic E-state index is 9.58. The lowest BCUT2D eigenvalue weighted by molar-refractivity contribution is 0.0572. The first-order chi connectivity index (χ1) is 9.61. The smallest absolute Gasteiger partial charge is 0.0990 e. The fourth-order valence-electron chi connectivity index (χ4n) is 2.29. The molecule has 0 saturated carbocycles. The van der Waals surface area contributed by atoms with Gasteiger partial charge in [-0.05, 0) is 17.7 Å². The van der Waals surface area contributed by atoms with Gasteiger partial charge in [-0.25, -0.2) is 0 Å². The molecule has 1 aromatic rings. The lowest BCUT2D eigenvalue weighted by Gasteiger charge is -2.19. The van der Waals surface area contributed by atoms with E-state index in [1.807, 2.05) is 23.1 Å². The molecule has 1 aliphatic rings. The van der Waals surface area contributed by atoms with Gasteiger partial charge in [0.25, 0.3) is 0 Å². The van der Waals surface area contributed by atoms with Crippen LogP contribution in [0.5, 0.6) is 0 Å². The van der Waals surface area contributed by atoms with Crippen LogP contribution in [0.1, 0.15) is 5.56 Å². The van der Waals surface area contributed by atoms with Gasteiger partial charge in [0.05, 0.1) is 29.5 Å². The first kappa shape index (κ1) is 15.5. The average Bonchev–Trinajstić information content (AvgIpc) is 2.75. The van der Waals surface area contributed by atoms with E-state index in [0.29, 0.717) is 24.7 Å². The zero-order chi connectivity index (χ0) is 14.5. The summed E-state index contributed by atoms with van der Waals surface area (Å²) in [4.78, 5) is 1.90. The Bertz CT molecular complexity index is 434. The normalized spacial score (nSPS) is 22.5. The lowest BCUT2D eigenvalue weighted by atomic mass is 10.2. The van der Waals surface area contributed by atoms with Gasteiger partial charge in [-0.1, -0.05) is 17.7 Å². The molecule has 2 rings (SSSR count). The van der Waals surface area contributed by atoms with E-state index in [9.17, 15) is 10.2 Å². The van der Waals surface area contributed by atoms with Gasteiger partial charge in [-0.3, -0.25) is 0 Å². The predicted molar refractivity (Wildman–Crippen MR) is 79.3 cm³/mol. The minimum Gasteiger partial charge on any atom is -0.389 e. The molecular formula is C14H21ClN2O3. The predicted octanol–water partition coefficient (Wildman–Crippen LogP) is 0.618. The molecule has 0 aliphatic carbocycles. The van der Waals surface area contributed by atoms with Crippen LogP contribution in [0.2, 0.25) is 5.02 Å². The summed E-state index contributed by atoms with van der Waals surface area (Å²) in [5.41, 5.74) is 1.94. The molecule has 0 aromatic heterocycles. The number of rotatable bonds is 6. The number of anilines is 1. The highest BCUT2D eigenvalue weighted by Gasteiger charge is 2.30. The second-order valence-corrected chi connectivity index (χ2v) is 5.40. The van der Waals surface area contributed by atoms with Crippen molar-refractivity contribution in [3.63, 3.8) is 0 Å². The molecule has 1 aliphatic heterocycles. The van der Waals surface area contributed by atoms with Crippen molar-refractivity contribution in [1.82, 2.24) is 5.32 Å². The van der Waals surface area contributed by atoms with E-state index in [4.69, 9.17) is 16.3 Å². The summed E-state index contributed by atoms with van der Waals surface area (Å²) in [6.45, 7) is 3.02. The summed E-state index contributed by atoms with van der Waals surface area (Å²) in [5, 5.41) is 23.1. The number of aliphatic hydroxyl groups excluding tert-OH is 2. The van der Waals surface area contributed by atoms with Crippen LogP contribution >= 0.6 is 11.6 Å². The van der Waals surface area contributed by atoms with Gasteiger partial charge in [-0.15, -0.1) is 0 Å². The summed E-state index contributed by atoms with van der Waals surface area (Å²) < 4.78 is 4.97. The van der Waals surface area contributed by atoms with Gasteiger partial charge < -0.3 is 25.2 Å². The second-order valence-electron chi connectivity index (χ2n) is 5.00. The van der Waals surface area contributed by atoms with E-state index in [1.165, 1.54) is 0 Å². The Labute approximate surface area is 124 Å². The van der Waals surface area contributed by atoms with Gasteiger partial charge in [-0.2, -0.15) is 0 Å². The monoisotopic (exact) mass is 300 g/mol. The number of hydrogen-bond acceptors (Lipinski definition) is 5. The average molecular weight is 301 g/mol. The van der Waals surface area contributed by atoms with Crippen LogP contribution in [0.4, 0.5) is 5.69 Å². The Kier molecular flexibility index (Phi) is 5.63. The molecule has 112 valence electrons. The lowest BCUT2D eigenvalue weighted by Crippen LogP contribution is -2.22. The number of halogens is 1. The quantitative estimate of drug-likeness (QED) is 0.672. The molecule has 1 heterocycles. The molecular weight excluding hydrogens is 280 g/mol. The fourth-order valence-corrected chi connectivity index (χ4v) is 2.61. The Balaban J connectivity index is 1.96. The van der Waals surface area contributed by atoms with Crippen LogP contribution in [0, 0.1) is 0 Å². The number of hydrogen-bond donors (Lipinski definition) is 3. The number of ether oxygens (including phenoxy) is 1. The molecule has 0 amide bonds. The zero-order valence-corrected chi connectivity index (χ0v) is 12.3. The highest BCUT2D eigenvalue weighted by molar-refractivity contribution is 6.33. The molecule has 2 atom stereocenters. The standard InChI is InChI=1S/C14H21ClN2O3/c1-20-5-4-16-7-10-2-3-12(11(15)6-10)17-8-13(18)14(19)9-17/h2-3,6,13-14,16,18-19H,4-5,7-9H2,1H3. The van der Waals surface area contributed by atoms with Crippen LogP contribution < -0.4 is 10.2 Å². The Morgan fingerprint density at radius 1 is 1.35 bits per heavy atom. The number of nitrogens with zero attached hydrogens (tertiary/aromatic N) is 1. The maximum absolute atomic E-state index is 9.58. The molecule has 0 bridgehead atoms. The van der Waals surface area contributed by atoms with Gasteiger partial charge in [0.15, 0.2) is 0 Å². The van der Waals surface area contributed by atoms with E-state index >= 15 is 0 Å². The van der Waals surface area contributed by atoms with E-state index in [-0.39, 0.29) is 0 Å². The second kappa shape index (κ2) is 7.24. The van der Waals surface area contributed by atoms with E-state index in [0.717, 1.165) is 24.3 Å². The Hall–Kier alpha value is -0.850. The molecule has 20 heavy (non-hydrogen) atoms. The number of methoxy groups -OCH3 is 1. The van der Waals surface area contributed by atoms with E-state index in [1.54, 1.807) is 7.11 Å². The van der Waals surface area contributed by atoms with Crippen molar-refractivity contribution in [3.8, 4) is 0 Å². The molecule has 3 N–H and O–H groups in total. The topological polar surface area (TPSA) is 65.0 Å². The van der Waals surface area contributed by atoms with Crippen molar-refractivity contribution in [1.29, 1.82) is 0 Å². The van der Waals surface area contributed by atoms with E-state index < -0.39 is 12.2 Å². The Morgan fingerprint density at radius 3 is 2.65 bits per heavy atom. The third-order valence-corrected chi connectivity index (χ3v) is 3.73. The van der Waals surface area contributed by atoms with Crippen molar-refractivity contribution in [3.05, 3.63) is 28.8 Å². The SMILES string of the molecule is COCCNCc1ccc(N2CC(O)C(O)C2)c(Cl)c1. The van der Waals surface area contributed by atoms with Crippen LogP contribution in [0.3, 0.4) is 0 Å². The van der Waals surface area contributed by atoms with Gasteiger partial charge in [0.2, 0.25) is 0 Å². The van der Waals surface area contributed by atoms with Crippen LogP contribution in [-0.4, -0.2) is 55.8 Å². The largest absolute Gasteiger partial charge is 0.389 e. The third kappa shape index (κ3) is 3.84. The number of aliphatic hydroxyl groups is 2. The summed E-state index contributed by atoms with van der Waals surface area (Å²) in [6, 6.07) is 5.84. The molecule has 1 fully saturated rings. The third-order valence-electron chi connectivity index (χ3n) is 3.42. The van der Waals surface area contributed by atoms with E-state index in [2.05, 4.69) is 5.32 Å². The first-order valence-electron chi connectivity index (χ1n) is 6.71. The summed E-state index contributed by atoms with van der Waals surface area (Å²) in [5.74, 6) is 0. The van der Waals surface area contributed by atoms with Crippen molar-refractivity contribution in [2.45, 2.75) is 18.8 Å². The molecule has 0 spiro atoms. The molecule has 0 radical (unpaired) electrons. The van der Waals surface area contributed by atoms with Gasteiger partial charge in [0.1, 0.15) is 0 Å². The number of β-amino-alcohol motifs (C(OH)–C–C–N with tert-alkyl or cyclic N) is 2. The summed E-state index contributed by atoms with van der Waals surface area (Å²) >= 11 is 6.29. The maximum Gasteiger partial charge on any atom is 0.0990 e. The molecule has 6 heteroatoms. The highest BCUT2D eigenvalue weighted by atomic mass is 35.5. The Morgan fingerprint density at radius 2 is 2.05 bits per heavy atom. The molecule has 2 unspecified atom stereocenters. The van der Waals surface area contributed by atoms with Crippen molar-refractivity contribution in [2.24, 2.45) is 0 Å². The van der Waals surface area contributed by atoms with Gasteiger partial charge in [0, 0.05) is 33.3 Å². The molecule has 5 nitrogen and oxygen atoms in total. The summed E-state index contributed by atoms with van der Waals surface area (Å²) in [7, 11) is 1.67. The van der Waals surface area contributed by atoms with Crippen molar-refractivity contribution < 1.29 is 14.9 Å². The van der Waals surface area contributed by atoms with Crippen LogP contribution in [-0.2, 0) is 11.3 Å². The highest BCUT2D eigenvalue weighted by Crippen LogP contribution is 2.29. The zero-order valence-electron chi connectivity index (χ0n) is 11.6. The minimum atomic E-state index is -0.707. The minimum absolute atomic E-state index is 0.409. The van der Waals surface area contributed by atoms with Crippen LogP contribution in [0.15, 0.2) is 18.2 Å². The molecule has 1 aromatic carbocycles.